The van der Waals surface area contributed by atoms with Crippen LogP contribution < -0.4 is 10.6 Å². The number of aryl methyl sites for hydroxylation is 2. The average molecular weight is 316 g/mol. The van der Waals surface area contributed by atoms with E-state index in [0.29, 0.717) is 0 Å². The second-order valence-corrected chi connectivity index (χ2v) is 6.37. The highest BCUT2D eigenvalue weighted by Gasteiger charge is 2.02. The summed E-state index contributed by atoms with van der Waals surface area (Å²) in [6.45, 7) is 5.88. The highest BCUT2D eigenvalue weighted by atomic mass is 32.1. The van der Waals surface area contributed by atoms with E-state index in [1.807, 2.05) is 6.20 Å². The van der Waals surface area contributed by atoms with Crippen LogP contribution in [0, 0.1) is 6.92 Å². The molecule has 0 aliphatic rings. The first-order valence-electron chi connectivity index (χ1n) is 7.65. The quantitative estimate of drug-likeness (QED) is 0.636. The summed E-state index contributed by atoms with van der Waals surface area (Å²) >= 11 is 1.79. The van der Waals surface area contributed by atoms with E-state index >= 15 is 0 Å². The predicted octanol–water partition coefficient (Wildman–Crippen LogP) is 2.92. The van der Waals surface area contributed by atoms with Crippen LogP contribution in [-0.4, -0.2) is 24.5 Å². The van der Waals surface area contributed by atoms with Gasteiger partial charge in [0.15, 0.2) is 5.96 Å². The Labute approximate surface area is 136 Å². The molecule has 22 heavy (non-hydrogen) atoms. The van der Waals surface area contributed by atoms with Gasteiger partial charge in [0.25, 0.3) is 0 Å². The Bertz CT molecular complexity index is 619. The van der Waals surface area contributed by atoms with Gasteiger partial charge in [-0.3, -0.25) is 4.99 Å². The van der Waals surface area contributed by atoms with Gasteiger partial charge in [0.1, 0.15) is 0 Å². The predicted molar refractivity (Wildman–Crippen MR) is 94.6 cm³/mol. The molecule has 0 saturated heterocycles. The molecule has 1 heterocycles. The fraction of sp³-hybridized carbons (Fsp3) is 0.412. The number of nitrogens with one attached hydrogen (secondary N) is 2. The molecule has 118 valence electrons. The molecule has 0 aliphatic heterocycles. The number of hydrogen-bond acceptors (Lipinski definition) is 3. The van der Waals surface area contributed by atoms with Crippen molar-refractivity contribution in [1.82, 2.24) is 15.6 Å². The zero-order valence-electron chi connectivity index (χ0n) is 13.5. The number of rotatable bonds is 6. The van der Waals surface area contributed by atoms with E-state index < -0.39 is 0 Å². The van der Waals surface area contributed by atoms with E-state index in [9.17, 15) is 0 Å². The number of benzene rings is 1. The van der Waals surface area contributed by atoms with E-state index in [2.05, 4.69) is 58.7 Å². The molecular formula is C17H24N4S. The summed E-state index contributed by atoms with van der Waals surface area (Å²) in [4.78, 5) is 10.0. The SMILES string of the molecule is CCc1cnc(CCNC(=NC)NCc2cccc(C)c2)s1. The number of thiazole rings is 1. The maximum absolute atomic E-state index is 4.43. The number of nitrogens with zero attached hydrogens (tertiary/aromatic N) is 2. The van der Waals surface area contributed by atoms with E-state index in [1.165, 1.54) is 21.0 Å². The lowest BCUT2D eigenvalue weighted by Crippen LogP contribution is -2.37. The van der Waals surface area contributed by atoms with E-state index in [1.54, 1.807) is 18.4 Å². The van der Waals surface area contributed by atoms with Crippen LogP contribution in [0.5, 0.6) is 0 Å². The summed E-state index contributed by atoms with van der Waals surface area (Å²) < 4.78 is 0. The standard InChI is InChI=1S/C17H24N4S/c1-4-15-12-20-16(22-15)8-9-19-17(18-3)21-11-14-7-5-6-13(2)10-14/h5-7,10,12H,4,8-9,11H2,1-3H3,(H2,18,19,21). The second-order valence-electron chi connectivity index (χ2n) is 5.17. The molecule has 0 unspecified atom stereocenters. The van der Waals surface area contributed by atoms with Crippen molar-refractivity contribution < 1.29 is 0 Å². The minimum atomic E-state index is 0.776. The molecule has 1 aromatic heterocycles. The van der Waals surface area contributed by atoms with Gasteiger partial charge >= 0.3 is 0 Å². The van der Waals surface area contributed by atoms with Gasteiger partial charge in [-0.1, -0.05) is 36.8 Å². The molecule has 4 nitrogen and oxygen atoms in total. The third kappa shape index (κ3) is 5.15. The zero-order valence-corrected chi connectivity index (χ0v) is 14.3. The van der Waals surface area contributed by atoms with Gasteiger partial charge in [0.05, 0.1) is 5.01 Å². The molecule has 0 fully saturated rings. The average Bonchev–Trinajstić information content (AvgIpc) is 2.98. The molecule has 2 aromatic rings. The Morgan fingerprint density at radius 3 is 2.86 bits per heavy atom. The topological polar surface area (TPSA) is 49.3 Å². The van der Waals surface area contributed by atoms with Crippen LogP contribution >= 0.6 is 11.3 Å². The molecule has 0 spiro atoms. The summed E-state index contributed by atoms with van der Waals surface area (Å²) in [5.41, 5.74) is 2.54. The van der Waals surface area contributed by atoms with Crippen LogP contribution in [0.15, 0.2) is 35.5 Å². The Kier molecular flexibility index (Phi) is 6.40. The van der Waals surface area contributed by atoms with Gasteiger partial charge < -0.3 is 10.6 Å². The molecule has 0 bridgehead atoms. The van der Waals surface area contributed by atoms with Gasteiger partial charge in [-0.25, -0.2) is 4.98 Å². The van der Waals surface area contributed by atoms with Crippen LogP contribution in [0.2, 0.25) is 0 Å². The Hall–Kier alpha value is -1.88. The van der Waals surface area contributed by atoms with Crippen LogP contribution in [0.3, 0.4) is 0 Å². The van der Waals surface area contributed by atoms with Crippen molar-refractivity contribution >= 4 is 17.3 Å². The van der Waals surface area contributed by atoms with Crippen molar-refractivity contribution in [1.29, 1.82) is 0 Å². The summed E-state index contributed by atoms with van der Waals surface area (Å²) in [6, 6.07) is 8.49. The summed E-state index contributed by atoms with van der Waals surface area (Å²) in [7, 11) is 1.80. The maximum atomic E-state index is 4.43. The number of aliphatic imine (C=N–C) groups is 1. The minimum Gasteiger partial charge on any atom is -0.356 e. The van der Waals surface area contributed by atoms with Crippen molar-refractivity contribution in [3.63, 3.8) is 0 Å². The lowest BCUT2D eigenvalue weighted by molar-refractivity contribution is 0.791. The second kappa shape index (κ2) is 8.54. The molecule has 1 aromatic carbocycles. The molecule has 0 atom stereocenters. The van der Waals surface area contributed by atoms with E-state index in [0.717, 1.165) is 31.9 Å². The Morgan fingerprint density at radius 1 is 1.32 bits per heavy atom. The maximum Gasteiger partial charge on any atom is 0.191 e. The molecule has 2 rings (SSSR count). The first kappa shape index (κ1) is 16.5. The fourth-order valence-corrected chi connectivity index (χ4v) is 3.01. The molecule has 0 aliphatic carbocycles. The summed E-state index contributed by atoms with van der Waals surface area (Å²) in [6.07, 6.45) is 3.96. The van der Waals surface area contributed by atoms with Gasteiger partial charge in [-0.2, -0.15) is 0 Å². The third-order valence-electron chi connectivity index (χ3n) is 3.35. The van der Waals surface area contributed by atoms with Gasteiger partial charge in [0.2, 0.25) is 0 Å². The molecule has 0 radical (unpaired) electrons. The van der Waals surface area contributed by atoms with Gasteiger partial charge in [0, 0.05) is 37.6 Å². The third-order valence-corrected chi connectivity index (χ3v) is 4.55. The van der Waals surface area contributed by atoms with Crippen LogP contribution in [-0.2, 0) is 19.4 Å². The van der Waals surface area contributed by atoms with E-state index in [4.69, 9.17) is 0 Å². The lowest BCUT2D eigenvalue weighted by Gasteiger charge is -2.11. The zero-order chi connectivity index (χ0) is 15.8. The van der Waals surface area contributed by atoms with Crippen molar-refractivity contribution in [2.45, 2.75) is 33.2 Å². The molecular weight excluding hydrogens is 292 g/mol. The Morgan fingerprint density at radius 2 is 2.18 bits per heavy atom. The number of aromatic nitrogens is 1. The molecule has 5 heteroatoms. The van der Waals surface area contributed by atoms with Crippen molar-refractivity contribution in [2.75, 3.05) is 13.6 Å². The van der Waals surface area contributed by atoms with Gasteiger partial charge in [-0.15, -0.1) is 11.3 Å². The monoisotopic (exact) mass is 316 g/mol. The highest BCUT2D eigenvalue weighted by Crippen LogP contribution is 2.13. The largest absolute Gasteiger partial charge is 0.356 e. The highest BCUT2D eigenvalue weighted by molar-refractivity contribution is 7.11. The van der Waals surface area contributed by atoms with Crippen LogP contribution in [0.25, 0.3) is 0 Å². The number of guanidine groups is 1. The van der Waals surface area contributed by atoms with Crippen LogP contribution in [0.1, 0.15) is 27.9 Å². The summed E-state index contributed by atoms with van der Waals surface area (Å²) in [5, 5.41) is 7.85. The molecule has 0 saturated carbocycles. The normalized spacial score (nSPS) is 11.5. The molecule has 2 N–H and O–H groups in total. The fourth-order valence-electron chi connectivity index (χ4n) is 2.14. The van der Waals surface area contributed by atoms with Crippen molar-refractivity contribution in [3.05, 3.63) is 51.5 Å². The first-order chi connectivity index (χ1) is 10.7. The smallest absolute Gasteiger partial charge is 0.191 e. The van der Waals surface area contributed by atoms with Crippen molar-refractivity contribution in [3.8, 4) is 0 Å². The Balaban J connectivity index is 1.75. The van der Waals surface area contributed by atoms with Crippen LogP contribution in [0.4, 0.5) is 0 Å². The van der Waals surface area contributed by atoms with Crippen molar-refractivity contribution in [2.24, 2.45) is 4.99 Å². The van der Waals surface area contributed by atoms with Gasteiger partial charge in [-0.05, 0) is 18.9 Å². The minimum absolute atomic E-state index is 0.776. The van der Waals surface area contributed by atoms with E-state index in [-0.39, 0.29) is 0 Å². The lowest BCUT2D eigenvalue weighted by atomic mass is 10.1. The summed E-state index contributed by atoms with van der Waals surface area (Å²) in [5.74, 6) is 0.828. The number of hydrogen-bond donors (Lipinski definition) is 2. The molecule has 0 amide bonds. The first-order valence-corrected chi connectivity index (χ1v) is 8.46.